The lowest BCUT2D eigenvalue weighted by atomic mass is 10.2. The van der Waals surface area contributed by atoms with Gasteiger partial charge in [-0.05, 0) is 42.0 Å². The van der Waals surface area contributed by atoms with Gasteiger partial charge in [-0.1, -0.05) is 53.0 Å². The Morgan fingerprint density at radius 1 is 0.931 bits per heavy atom. The van der Waals surface area contributed by atoms with E-state index in [1.807, 2.05) is 24.3 Å². The van der Waals surface area contributed by atoms with Crippen LogP contribution in [0.1, 0.15) is 15.9 Å². The van der Waals surface area contributed by atoms with Crippen molar-refractivity contribution in [3.63, 3.8) is 0 Å². The van der Waals surface area contributed by atoms with Gasteiger partial charge in [0.1, 0.15) is 0 Å². The summed E-state index contributed by atoms with van der Waals surface area (Å²) in [5.41, 5.74) is 1.61. The summed E-state index contributed by atoms with van der Waals surface area (Å²) in [6.45, 7) is 0. The van der Waals surface area contributed by atoms with Crippen molar-refractivity contribution >= 4 is 64.2 Å². The molecule has 0 aliphatic heterocycles. The van der Waals surface area contributed by atoms with E-state index in [9.17, 15) is 9.59 Å². The SMILES string of the molecule is O=C(NC(=O)c1c(Cl)cccc1Cl)Nc1ccc(SCc2ccc(Cl)cc2)nc1. The largest absolute Gasteiger partial charge is 0.326 e. The summed E-state index contributed by atoms with van der Waals surface area (Å²) in [6.07, 6.45) is 1.51. The highest BCUT2D eigenvalue weighted by atomic mass is 35.5. The van der Waals surface area contributed by atoms with E-state index < -0.39 is 11.9 Å². The van der Waals surface area contributed by atoms with Crippen molar-refractivity contribution in [1.82, 2.24) is 10.3 Å². The van der Waals surface area contributed by atoms with Crippen LogP contribution >= 0.6 is 46.6 Å². The Morgan fingerprint density at radius 3 is 2.24 bits per heavy atom. The number of nitrogens with one attached hydrogen (secondary N) is 2. The fraction of sp³-hybridized carbons (Fsp3) is 0.0500. The molecule has 3 amide bonds. The quantitative estimate of drug-likeness (QED) is 0.433. The Morgan fingerprint density at radius 2 is 1.62 bits per heavy atom. The van der Waals surface area contributed by atoms with Crippen molar-refractivity contribution < 1.29 is 9.59 Å². The van der Waals surface area contributed by atoms with Gasteiger partial charge >= 0.3 is 6.03 Å². The summed E-state index contributed by atoms with van der Waals surface area (Å²) in [6, 6.07) is 15.0. The van der Waals surface area contributed by atoms with Crippen molar-refractivity contribution in [2.75, 3.05) is 5.32 Å². The second-order valence-corrected chi connectivity index (χ2v) is 8.05. The number of thioether (sulfide) groups is 1. The maximum Gasteiger partial charge on any atom is 0.326 e. The second-order valence-electron chi connectivity index (χ2n) is 5.81. The van der Waals surface area contributed by atoms with Crippen molar-refractivity contribution in [3.05, 3.63) is 87.0 Å². The van der Waals surface area contributed by atoms with Crippen LogP contribution in [-0.4, -0.2) is 16.9 Å². The average molecular weight is 467 g/mol. The molecule has 29 heavy (non-hydrogen) atoms. The Bertz CT molecular complexity index is 1010. The third-order valence-electron chi connectivity index (χ3n) is 3.71. The molecule has 2 aromatic carbocycles. The van der Waals surface area contributed by atoms with Crippen LogP contribution in [0.2, 0.25) is 15.1 Å². The maximum absolute atomic E-state index is 12.2. The first kappa shape index (κ1) is 21.5. The first-order chi connectivity index (χ1) is 13.9. The van der Waals surface area contributed by atoms with E-state index in [1.54, 1.807) is 30.0 Å². The minimum absolute atomic E-state index is 0.0399. The highest BCUT2D eigenvalue weighted by Gasteiger charge is 2.17. The van der Waals surface area contributed by atoms with Crippen LogP contribution in [0.5, 0.6) is 0 Å². The van der Waals surface area contributed by atoms with Crippen LogP contribution in [-0.2, 0) is 5.75 Å². The molecule has 0 spiro atoms. The number of carbonyl (C=O) groups excluding carboxylic acids is 2. The van der Waals surface area contributed by atoms with E-state index in [0.29, 0.717) is 10.7 Å². The number of urea groups is 1. The fourth-order valence-corrected chi connectivity index (χ4v) is 3.81. The van der Waals surface area contributed by atoms with E-state index in [-0.39, 0.29) is 15.6 Å². The van der Waals surface area contributed by atoms with Gasteiger partial charge in [0.05, 0.1) is 32.5 Å². The van der Waals surface area contributed by atoms with Gasteiger partial charge in [0, 0.05) is 10.8 Å². The summed E-state index contributed by atoms with van der Waals surface area (Å²) in [4.78, 5) is 28.6. The number of benzene rings is 2. The van der Waals surface area contributed by atoms with Crippen molar-refractivity contribution in [3.8, 4) is 0 Å². The molecule has 2 N–H and O–H groups in total. The van der Waals surface area contributed by atoms with Gasteiger partial charge in [-0.2, -0.15) is 0 Å². The van der Waals surface area contributed by atoms with Crippen molar-refractivity contribution in [2.45, 2.75) is 10.8 Å². The minimum atomic E-state index is -0.714. The highest BCUT2D eigenvalue weighted by molar-refractivity contribution is 7.98. The molecule has 5 nitrogen and oxygen atoms in total. The third kappa shape index (κ3) is 6.11. The number of hydrogen-bond acceptors (Lipinski definition) is 4. The molecular weight excluding hydrogens is 453 g/mol. The number of anilines is 1. The number of pyridine rings is 1. The molecule has 1 aromatic heterocycles. The summed E-state index contributed by atoms with van der Waals surface area (Å²) < 4.78 is 0. The highest BCUT2D eigenvalue weighted by Crippen LogP contribution is 2.24. The summed E-state index contributed by atoms with van der Waals surface area (Å²) in [5, 5.41) is 6.54. The lowest BCUT2D eigenvalue weighted by Crippen LogP contribution is -2.34. The average Bonchev–Trinajstić information content (AvgIpc) is 2.68. The van der Waals surface area contributed by atoms with Crippen LogP contribution in [0.3, 0.4) is 0 Å². The second kappa shape index (κ2) is 9.98. The summed E-state index contributed by atoms with van der Waals surface area (Å²) >= 11 is 19.4. The molecule has 0 unspecified atom stereocenters. The molecule has 0 aliphatic carbocycles. The van der Waals surface area contributed by atoms with Gasteiger partial charge in [0.15, 0.2) is 0 Å². The predicted octanol–water partition coefficient (Wildman–Crippen LogP) is 6.30. The van der Waals surface area contributed by atoms with Gasteiger partial charge in [-0.15, -0.1) is 11.8 Å². The molecule has 0 radical (unpaired) electrons. The van der Waals surface area contributed by atoms with Crippen LogP contribution in [0.4, 0.5) is 10.5 Å². The minimum Gasteiger partial charge on any atom is -0.306 e. The molecule has 0 atom stereocenters. The van der Waals surface area contributed by atoms with Gasteiger partial charge in [0.25, 0.3) is 5.91 Å². The molecule has 148 valence electrons. The normalized spacial score (nSPS) is 10.4. The first-order valence-corrected chi connectivity index (χ1v) is 10.4. The third-order valence-corrected chi connectivity index (χ3v) is 5.61. The zero-order chi connectivity index (χ0) is 20.8. The summed E-state index contributed by atoms with van der Waals surface area (Å²) in [7, 11) is 0. The van der Waals surface area contributed by atoms with Crippen LogP contribution in [0, 0.1) is 0 Å². The molecule has 0 saturated heterocycles. The topological polar surface area (TPSA) is 71.1 Å². The van der Waals surface area contributed by atoms with Crippen LogP contribution in [0.25, 0.3) is 0 Å². The van der Waals surface area contributed by atoms with E-state index in [1.165, 1.54) is 18.3 Å². The van der Waals surface area contributed by atoms with E-state index >= 15 is 0 Å². The number of rotatable bonds is 5. The Hall–Kier alpha value is -2.25. The zero-order valence-electron chi connectivity index (χ0n) is 14.8. The molecule has 0 bridgehead atoms. The predicted molar refractivity (Wildman–Crippen MR) is 118 cm³/mol. The van der Waals surface area contributed by atoms with Crippen LogP contribution < -0.4 is 10.6 Å². The Balaban J connectivity index is 1.54. The molecular formula is C20H14Cl3N3O2S. The number of halogens is 3. The summed E-state index contributed by atoms with van der Waals surface area (Å²) in [5.74, 6) is 0.0473. The monoisotopic (exact) mass is 465 g/mol. The van der Waals surface area contributed by atoms with Crippen molar-refractivity contribution in [2.24, 2.45) is 0 Å². The number of carbonyl (C=O) groups is 2. The van der Waals surface area contributed by atoms with Gasteiger partial charge in [-0.3, -0.25) is 10.1 Å². The zero-order valence-corrected chi connectivity index (χ0v) is 17.9. The smallest absolute Gasteiger partial charge is 0.306 e. The molecule has 9 heteroatoms. The number of amides is 3. The standard InChI is InChI=1S/C20H14Cl3N3O2S/c21-13-6-4-12(5-7-13)11-29-17-9-8-14(10-24-17)25-20(28)26-19(27)18-15(22)2-1-3-16(18)23/h1-10H,11H2,(H2,25,26,27,28). The fourth-order valence-electron chi connectivity index (χ4n) is 2.32. The molecule has 3 rings (SSSR count). The van der Waals surface area contributed by atoms with E-state index in [4.69, 9.17) is 34.8 Å². The van der Waals surface area contributed by atoms with Crippen LogP contribution in [0.15, 0.2) is 65.8 Å². The lowest BCUT2D eigenvalue weighted by molar-refractivity contribution is 0.0967. The number of aromatic nitrogens is 1. The number of imide groups is 1. The Labute approximate surface area is 186 Å². The first-order valence-electron chi connectivity index (χ1n) is 8.32. The molecule has 0 aliphatic rings. The molecule has 3 aromatic rings. The number of hydrogen-bond donors (Lipinski definition) is 2. The van der Waals surface area contributed by atoms with Gasteiger partial charge < -0.3 is 5.32 Å². The molecule has 1 heterocycles. The number of nitrogens with zero attached hydrogens (tertiary/aromatic N) is 1. The molecule has 0 saturated carbocycles. The maximum atomic E-state index is 12.2. The molecule has 0 fully saturated rings. The Kier molecular flexibility index (Phi) is 7.39. The van der Waals surface area contributed by atoms with Gasteiger partial charge in [0.2, 0.25) is 0 Å². The van der Waals surface area contributed by atoms with E-state index in [0.717, 1.165) is 16.3 Å². The van der Waals surface area contributed by atoms with Crippen molar-refractivity contribution in [1.29, 1.82) is 0 Å². The lowest BCUT2D eigenvalue weighted by Gasteiger charge is -2.09. The van der Waals surface area contributed by atoms with Gasteiger partial charge in [-0.25, -0.2) is 9.78 Å². The van der Waals surface area contributed by atoms with E-state index in [2.05, 4.69) is 15.6 Å².